The SMILES string of the molecule is Cc1cccc2[nH]c(C3CCCN3C(=O)c3ccc(C#CC(C)(C)O)o3)nc12. The topological polar surface area (TPSA) is 82.4 Å². The molecule has 2 aromatic heterocycles. The van der Waals surface area contributed by atoms with E-state index in [4.69, 9.17) is 9.40 Å². The zero-order valence-corrected chi connectivity index (χ0v) is 16.2. The Morgan fingerprint density at radius 3 is 2.93 bits per heavy atom. The highest BCUT2D eigenvalue weighted by atomic mass is 16.4. The highest BCUT2D eigenvalue weighted by Crippen LogP contribution is 2.33. The Hall–Kier alpha value is -3.04. The van der Waals surface area contributed by atoms with Crippen molar-refractivity contribution in [2.24, 2.45) is 0 Å². The zero-order chi connectivity index (χ0) is 19.9. The van der Waals surface area contributed by atoms with E-state index >= 15 is 0 Å². The van der Waals surface area contributed by atoms with Crippen LogP contribution in [0, 0.1) is 18.8 Å². The molecule has 0 saturated carbocycles. The molecule has 3 aromatic rings. The number of nitrogens with one attached hydrogen (secondary N) is 1. The predicted molar refractivity (Wildman–Crippen MR) is 106 cm³/mol. The molecule has 1 fully saturated rings. The van der Waals surface area contributed by atoms with Gasteiger partial charge in [0.25, 0.3) is 5.91 Å². The maximum atomic E-state index is 13.0. The van der Waals surface area contributed by atoms with E-state index in [1.165, 1.54) is 0 Å². The average molecular weight is 377 g/mol. The number of benzene rings is 1. The van der Waals surface area contributed by atoms with Gasteiger partial charge in [-0.15, -0.1) is 0 Å². The van der Waals surface area contributed by atoms with Gasteiger partial charge in [0, 0.05) is 6.54 Å². The first-order valence-electron chi connectivity index (χ1n) is 9.43. The molecular weight excluding hydrogens is 354 g/mol. The van der Waals surface area contributed by atoms with Gasteiger partial charge in [-0.25, -0.2) is 4.98 Å². The van der Waals surface area contributed by atoms with Crippen LogP contribution in [0.3, 0.4) is 0 Å². The molecule has 0 aliphatic carbocycles. The molecule has 2 N–H and O–H groups in total. The van der Waals surface area contributed by atoms with E-state index in [1.807, 2.05) is 25.1 Å². The van der Waals surface area contributed by atoms with Crippen molar-refractivity contribution in [1.29, 1.82) is 0 Å². The number of fused-ring (bicyclic) bond motifs is 1. The molecule has 144 valence electrons. The molecule has 1 unspecified atom stereocenters. The zero-order valence-electron chi connectivity index (χ0n) is 16.2. The fourth-order valence-electron chi connectivity index (χ4n) is 3.52. The van der Waals surface area contributed by atoms with Gasteiger partial charge in [-0.1, -0.05) is 18.1 Å². The van der Waals surface area contributed by atoms with Crippen molar-refractivity contribution in [2.45, 2.75) is 45.3 Å². The van der Waals surface area contributed by atoms with Crippen molar-refractivity contribution in [3.8, 4) is 11.8 Å². The molecule has 3 heterocycles. The summed E-state index contributed by atoms with van der Waals surface area (Å²) in [6.07, 6.45) is 1.77. The lowest BCUT2D eigenvalue weighted by Gasteiger charge is -2.22. The standard InChI is InChI=1S/C22H23N3O3/c1-14-6-4-7-16-19(14)24-20(23-16)17-8-5-13-25(17)21(26)18-10-9-15(28-18)11-12-22(2,3)27/h4,6-7,9-10,17,27H,5,8,13H2,1-3H3,(H,23,24). The van der Waals surface area contributed by atoms with Crippen LogP contribution in [0.25, 0.3) is 11.0 Å². The number of aromatic nitrogens is 2. The molecule has 0 radical (unpaired) electrons. The Bertz CT molecular complexity index is 1090. The van der Waals surface area contributed by atoms with E-state index < -0.39 is 5.60 Å². The first-order chi connectivity index (χ1) is 13.3. The summed E-state index contributed by atoms with van der Waals surface area (Å²) < 4.78 is 5.61. The molecule has 0 bridgehead atoms. The number of aromatic amines is 1. The Morgan fingerprint density at radius 2 is 2.18 bits per heavy atom. The number of aryl methyl sites for hydroxylation is 1. The summed E-state index contributed by atoms with van der Waals surface area (Å²) in [5.74, 6) is 6.70. The second-order valence-electron chi connectivity index (χ2n) is 7.72. The van der Waals surface area contributed by atoms with Crippen LogP contribution in [0.1, 0.15) is 60.4 Å². The number of carbonyl (C=O) groups is 1. The van der Waals surface area contributed by atoms with E-state index in [-0.39, 0.29) is 17.7 Å². The molecule has 1 saturated heterocycles. The van der Waals surface area contributed by atoms with Crippen molar-refractivity contribution < 1.29 is 14.3 Å². The van der Waals surface area contributed by atoms with Crippen LogP contribution in [0.4, 0.5) is 0 Å². The van der Waals surface area contributed by atoms with Gasteiger partial charge in [0.1, 0.15) is 11.4 Å². The molecule has 4 rings (SSSR count). The van der Waals surface area contributed by atoms with Crippen LogP contribution < -0.4 is 0 Å². The lowest BCUT2D eigenvalue weighted by atomic mass is 10.1. The van der Waals surface area contributed by atoms with Crippen LogP contribution in [0.2, 0.25) is 0 Å². The molecule has 28 heavy (non-hydrogen) atoms. The number of para-hydroxylation sites is 1. The first kappa shape index (κ1) is 18.3. The number of nitrogens with zero attached hydrogens (tertiary/aromatic N) is 2. The van der Waals surface area contributed by atoms with Crippen LogP contribution >= 0.6 is 0 Å². The van der Waals surface area contributed by atoms with Crippen molar-refractivity contribution in [3.05, 3.63) is 53.2 Å². The van der Waals surface area contributed by atoms with E-state index in [0.717, 1.165) is 35.3 Å². The van der Waals surface area contributed by atoms with E-state index in [2.05, 4.69) is 16.8 Å². The number of hydrogen-bond donors (Lipinski definition) is 2. The summed E-state index contributed by atoms with van der Waals surface area (Å²) in [4.78, 5) is 22.9. The Morgan fingerprint density at radius 1 is 1.36 bits per heavy atom. The van der Waals surface area contributed by atoms with Crippen LogP contribution in [-0.2, 0) is 0 Å². The molecule has 1 aliphatic rings. The maximum Gasteiger partial charge on any atom is 0.290 e. The number of amides is 1. The van der Waals surface area contributed by atoms with Gasteiger partial charge >= 0.3 is 0 Å². The summed E-state index contributed by atoms with van der Waals surface area (Å²) in [6.45, 7) is 5.88. The van der Waals surface area contributed by atoms with Gasteiger partial charge in [0.15, 0.2) is 11.5 Å². The average Bonchev–Trinajstić information content (AvgIpc) is 3.37. The van der Waals surface area contributed by atoms with Gasteiger partial charge < -0.3 is 19.4 Å². The number of hydrogen-bond acceptors (Lipinski definition) is 4. The number of aliphatic hydroxyl groups is 1. The molecule has 6 heteroatoms. The molecule has 1 atom stereocenters. The Kier molecular flexibility index (Phi) is 4.48. The molecule has 6 nitrogen and oxygen atoms in total. The third-order valence-electron chi connectivity index (χ3n) is 4.87. The summed E-state index contributed by atoms with van der Waals surface area (Å²) >= 11 is 0. The van der Waals surface area contributed by atoms with Gasteiger partial charge in [0.2, 0.25) is 0 Å². The van der Waals surface area contributed by atoms with Crippen LogP contribution in [-0.4, -0.2) is 38.0 Å². The monoisotopic (exact) mass is 377 g/mol. The molecule has 1 aliphatic heterocycles. The fraction of sp³-hybridized carbons (Fsp3) is 0.364. The van der Waals surface area contributed by atoms with Gasteiger partial charge in [-0.2, -0.15) is 0 Å². The van der Waals surface area contributed by atoms with E-state index in [9.17, 15) is 9.90 Å². The number of imidazole rings is 1. The summed E-state index contributed by atoms with van der Waals surface area (Å²) in [5.41, 5.74) is 1.92. The minimum atomic E-state index is -1.11. The van der Waals surface area contributed by atoms with Gasteiger partial charge in [0.05, 0.1) is 17.1 Å². The predicted octanol–water partition coefficient (Wildman–Crippen LogP) is 3.56. The highest BCUT2D eigenvalue weighted by molar-refractivity contribution is 5.92. The number of likely N-dealkylation sites (tertiary alicyclic amines) is 1. The lowest BCUT2D eigenvalue weighted by Crippen LogP contribution is -2.30. The van der Waals surface area contributed by atoms with E-state index in [1.54, 1.807) is 30.9 Å². The van der Waals surface area contributed by atoms with Crippen LogP contribution in [0.5, 0.6) is 0 Å². The minimum Gasteiger partial charge on any atom is -0.443 e. The Labute approximate surface area is 163 Å². The van der Waals surface area contributed by atoms with Crippen molar-refractivity contribution in [3.63, 3.8) is 0 Å². The molecule has 0 spiro atoms. The third-order valence-corrected chi connectivity index (χ3v) is 4.87. The number of furan rings is 1. The summed E-state index contributed by atoms with van der Waals surface area (Å²) in [6, 6.07) is 9.21. The quantitative estimate of drug-likeness (QED) is 0.669. The van der Waals surface area contributed by atoms with Gasteiger partial charge in [-0.3, -0.25) is 4.79 Å². The van der Waals surface area contributed by atoms with Crippen molar-refractivity contribution >= 4 is 16.9 Å². The van der Waals surface area contributed by atoms with Crippen molar-refractivity contribution in [2.75, 3.05) is 6.54 Å². The summed E-state index contributed by atoms with van der Waals surface area (Å²) in [7, 11) is 0. The van der Waals surface area contributed by atoms with Crippen LogP contribution in [0.15, 0.2) is 34.7 Å². The highest BCUT2D eigenvalue weighted by Gasteiger charge is 2.34. The second-order valence-corrected chi connectivity index (χ2v) is 7.72. The number of carbonyl (C=O) groups excluding carboxylic acids is 1. The number of H-pyrrole nitrogens is 1. The summed E-state index contributed by atoms with van der Waals surface area (Å²) in [5, 5.41) is 9.71. The lowest BCUT2D eigenvalue weighted by molar-refractivity contribution is 0.0697. The molecular formula is C22H23N3O3. The molecule has 1 aromatic carbocycles. The smallest absolute Gasteiger partial charge is 0.290 e. The van der Waals surface area contributed by atoms with E-state index in [0.29, 0.717) is 12.3 Å². The molecule has 1 amide bonds. The largest absolute Gasteiger partial charge is 0.443 e. The second kappa shape index (κ2) is 6.84. The van der Waals surface area contributed by atoms with Crippen molar-refractivity contribution in [1.82, 2.24) is 14.9 Å². The minimum absolute atomic E-state index is 0.102. The fourth-order valence-corrected chi connectivity index (χ4v) is 3.52. The third kappa shape index (κ3) is 3.54. The Balaban J connectivity index is 1.59. The van der Waals surface area contributed by atoms with Gasteiger partial charge in [-0.05, 0) is 63.3 Å². The normalized spacial score (nSPS) is 17.0. The number of rotatable bonds is 2. The maximum absolute atomic E-state index is 13.0. The first-order valence-corrected chi connectivity index (χ1v) is 9.43.